The predicted octanol–water partition coefficient (Wildman–Crippen LogP) is -0.444. The SMILES string of the molecule is COc1ncccn1.O=[SH](=O)O. The molecule has 0 amide bonds. The van der Waals surface area contributed by atoms with Crippen LogP contribution in [0.5, 0.6) is 6.01 Å². The molecule has 0 aliphatic heterocycles. The van der Waals surface area contributed by atoms with Crippen molar-refractivity contribution in [2.24, 2.45) is 0 Å². The quantitative estimate of drug-likeness (QED) is 0.463. The zero-order chi connectivity index (χ0) is 9.40. The summed E-state index contributed by atoms with van der Waals surface area (Å²) < 4.78 is 28.9. The van der Waals surface area contributed by atoms with Gasteiger partial charge in [-0.3, -0.25) is 4.55 Å². The topological polar surface area (TPSA) is 89.4 Å². The first kappa shape index (κ1) is 10.8. The highest BCUT2D eigenvalue weighted by Gasteiger charge is 1.84. The van der Waals surface area contributed by atoms with Crippen molar-refractivity contribution >= 4 is 11.0 Å². The van der Waals surface area contributed by atoms with E-state index >= 15 is 0 Å². The fraction of sp³-hybridized carbons (Fsp3) is 0.200. The number of aromatic nitrogens is 2. The van der Waals surface area contributed by atoms with Crippen molar-refractivity contribution in [2.45, 2.75) is 0 Å². The Kier molecular flexibility index (Phi) is 5.84. The molecule has 0 radical (unpaired) electrons. The van der Waals surface area contributed by atoms with Crippen LogP contribution in [-0.2, 0) is 11.0 Å². The zero-order valence-corrected chi connectivity index (χ0v) is 7.14. The Morgan fingerprint density at radius 3 is 2.08 bits per heavy atom. The number of rotatable bonds is 1. The van der Waals surface area contributed by atoms with Crippen molar-refractivity contribution in [1.29, 1.82) is 0 Å². The smallest absolute Gasteiger partial charge is 0.315 e. The molecule has 0 aliphatic rings. The van der Waals surface area contributed by atoms with Crippen molar-refractivity contribution < 1.29 is 17.7 Å². The highest BCUT2D eigenvalue weighted by molar-refractivity contribution is 7.66. The van der Waals surface area contributed by atoms with E-state index in [1.54, 1.807) is 18.5 Å². The third kappa shape index (κ3) is 6.90. The molecule has 1 N–H and O–H groups in total. The fourth-order valence-electron chi connectivity index (χ4n) is 0.391. The first-order valence-corrected chi connectivity index (χ1v) is 3.94. The van der Waals surface area contributed by atoms with Crippen LogP contribution < -0.4 is 4.74 Å². The lowest BCUT2D eigenvalue weighted by atomic mass is 10.7. The van der Waals surface area contributed by atoms with E-state index in [0.717, 1.165) is 0 Å². The van der Waals surface area contributed by atoms with Crippen LogP contribution in [0, 0.1) is 0 Å². The van der Waals surface area contributed by atoms with Crippen LogP contribution >= 0.6 is 0 Å². The maximum absolute atomic E-state index is 8.59. The normalized spacial score (nSPS) is 8.58. The van der Waals surface area contributed by atoms with Crippen LogP contribution in [0.1, 0.15) is 0 Å². The second-order valence-corrected chi connectivity index (χ2v) is 1.95. The number of hydrogen-bond donors (Lipinski definition) is 2. The van der Waals surface area contributed by atoms with Crippen LogP contribution in [0.3, 0.4) is 0 Å². The lowest BCUT2D eigenvalue weighted by molar-refractivity contribution is 0.379. The van der Waals surface area contributed by atoms with E-state index in [-0.39, 0.29) is 0 Å². The molecule has 12 heavy (non-hydrogen) atoms. The lowest BCUT2D eigenvalue weighted by Gasteiger charge is -1.90. The summed E-state index contributed by atoms with van der Waals surface area (Å²) in [6, 6.07) is 2.15. The summed E-state index contributed by atoms with van der Waals surface area (Å²) in [5, 5.41) is 0. The number of methoxy groups -OCH3 is 1. The molecule has 0 unspecified atom stereocenters. The minimum atomic E-state index is -3.12. The molecule has 0 aromatic carbocycles. The highest BCUT2D eigenvalue weighted by atomic mass is 32.2. The molecule has 0 saturated carbocycles. The number of thiol groups is 1. The van der Waals surface area contributed by atoms with Crippen molar-refractivity contribution in [3.63, 3.8) is 0 Å². The number of hydrogen-bond acceptors (Lipinski definition) is 5. The van der Waals surface area contributed by atoms with Crippen molar-refractivity contribution in [3.8, 4) is 6.01 Å². The van der Waals surface area contributed by atoms with Crippen molar-refractivity contribution in [1.82, 2.24) is 9.97 Å². The lowest BCUT2D eigenvalue weighted by Crippen LogP contribution is -1.87. The molecule has 0 atom stereocenters. The Bertz CT molecular complexity index is 266. The van der Waals surface area contributed by atoms with Gasteiger partial charge in [0, 0.05) is 12.4 Å². The van der Waals surface area contributed by atoms with E-state index in [4.69, 9.17) is 17.7 Å². The molecule has 1 aromatic rings. The monoisotopic (exact) mass is 192 g/mol. The summed E-state index contributed by atoms with van der Waals surface area (Å²) in [6.07, 6.45) is 3.26. The average molecular weight is 192 g/mol. The van der Waals surface area contributed by atoms with E-state index in [9.17, 15) is 0 Å². The van der Waals surface area contributed by atoms with E-state index in [1.165, 1.54) is 7.11 Å². The minimum absolute atomic E-state index is 0.410. The first-order valence-electron chi connectivity index (χ1n) is 2.81. The Labute approximate surface area is 71.0 Å². The largest absolute Gasteiger partial charge is 0.467 e. The fourth-order valence-corrected chi connectivity index (χ4v) is 0.391. The van der Waals surface area contributed by atoms with Gasteiger partial charge in [0.25, 0.3) is 11.0 Å². The molecule has 0 spiro atoms. The van der Waals surface area contributed by atoms with E-state index in [2.05, 4.69) is 9.97 Å². The van der Waals surface area contributed by atoms with Gasteiger partial charge < -0.3 is 4.74 Å². The molecule has 7 heteroatoms. The molecule has 0 aliphatic carbocycles. The third-order valence-corrected chi connectivity index (χ3v) is 0.725. The maximum Gasteiger partial charge on any atom is 0.315 e. The van der Waals surface area contributed by atoms with Crippen molar-refractivity contribution in [2.75, 3.05) is 7.11 Å². The van der Waals surface area contributed by atoms with Gasteiger partial charge in [0.15, 0.2) is 0 Å². The summed E-state index contributed by atoms with van der Waals surface area (Å²) in [5.41, 5.74) is 0. The molecular weight excluding hydrogens is 184 g/mol. The second-order valence-electron chi connectivity index (χ2n) is 1.47. The summed E-state index contributed by atoms with van der Waals surface area (Å²) in [5.74, 6) is 0. The van der Waals surface area contributed by atoms with Crippen LogP contribution in [0.25, 0.3) is 0 Å². The van der Waals surface area contributed by atoms with Gasteiger partial charge in [-0.2, -0.15) is 0 Å². The van der Waals surface area contributed by atoms with Crippen molar-refractivity contribution in [3.05, 3.63) is 18.5 Å². The predicted molar refractivity (Wildman–Crippen MR) is 41.5 cm³/mol. The van der Waals surface area contributed by atoms with Gasteiger partial charge in [0.05, 0.1) is 7.11 Å². The highest BCUT2D eigenvalue weighted by Crippen LogP contribution is 1.92. The molecule has 68 valence electrons. The number of ether oxygens (including phenoxy) is 1. The zero-order valence-electron chi connectivity index (χ0n) is 6.25. The van der Waals surface area contributed by atoms with Gasteiger partial charge in [0.1, 0.15) is 0 Å². The third-order valence-electron chi connectivity index (χ3n) is 0.725. The molecule has 1 heterocycles. The Morgan fingerprint density at radius 2 is 1.83 bits per heavy atom. The van der Waals surface area contributed by atoms with Gasteiger partial charge in [0.2, 0.25) is 0 Å². The van der Waals surface area contributed by atoms with E-state index < -0.39 is 11.0 Å². The summed E-state index contributed by atoms with van der Waals surface area (Å²) in [7, 11) is -1.58. The van der Waals surface area contributed by atoms with E-state index in [1.807, 2.05) is 0 Å². The number of nitrogens with zero attached hydrogens (tertiary/aromatic N) is 2. The van der Waals surface area contributed by atoms with Gasteiger partial charge >= 0.3 is 6.01 Å². The first-order chi connectivity index (χ1) is 5.66. The Morgan fingerprint density at radius 1 is 1.42 bits per heavy atom. The minimum Gasteiger partial charge on any atom is -0.467 e. The average Bonchev–Trinajstić information content (AvgIpc) is 2.05. The van der Waals surface area contributed by atoms with Crippen LogP contribution in [-0.4, -0.2) is 30.0 Å². The standard InChI is InChI=1S/C5H6N2O.H2O3S/c1-8-5-6-3-2-4-7-5;1-4(2)3/h2-4H,1H3;4H,(H,1,2,3). The molecule has 0 saturated heterocycles. The summed E-state index contributed by atoms with van der Waals surface area (Å²) >= 11 is 0. The molecule has 6 nitrogen and oxygen atoms in total. The molecular formula is C5H8N2O4S. The van der Waals surface area contributed by atoms with Gasteiger partial charge in [-0.15, -0.1) is 0 Å². The van der Waals surface area contributed by atoms with Crippen LogP contribution in [0.15, 0.2) is 18.5 Å². The Hall–Kier alpha value is -1.21. The van der Waals surface area contributed by atoms with Gasteiger partial charge in [-0.1, -0.05) is 0 Å². The second kappa shape index (κ2) is 6.50. The van der Waals surface area contributed by atoms with Crippen LogP contribution in [0.4, 0.5) is 0 Å². The van der Waals surface area contributed by atoms with Gasteiger partial charge in [-0.05, 0) is 6.07 Å². The summed E-state index contributed by atoms with van der Waals surface area (Å²) in [4.78, 5) is 7.53. The van der Waals surface area contributed by atoms with Gasteiger partial charge in [-0.25, -0.2) is 18.4 Å². The Balaban J connectivity index is 0.000000261. The molecule has 1 rings (SSSR count). The van der Waals surface area contributed by atoms with Crippen LogP contribution in [0.2, 0.25) is 0 Å². The maximum atomic E-state index is 8.59. The molecule has 0 bridgehead atoms. The molecule has 0 fully saturated rings. The summed E-state index contributed by atoms with van der Waals surface area (Å²) in [6.45, 7) is 0. The molecule has 1 aromatic heterocycles. The van der Waals surface area contributed by atoms with E-state index in [0.29, 0.717) is 6.01 Å².